The van der Waals surface area contributed by atoms with Gasteiger partial charge >= 0.3 is 0 Å². The van der Waals surface area contributed by atoms with Gasteiger partial charge in [0, 0.05) is 38.4 Å². The van der Waals surface area contributed by atoms with E-state index in [0.29, 0.717) is 5.91 Å². The molecule has 4 nitrogen and oxygen atoms in total. The number of carbonyl (C=O) groups excluding carboxylic acids is 1. The van der Waals surface area contributed by atoms with Crippen LogP contribution in [-0.2, 0) is 11.3 Å². The SMILES string of the molecule is Cl.O=C1CCCN1CCCNCc1ccncc1. The van der Waals surface area contributed by atoms with Crippen LogP contribution in [0.25, 0.3) is 0 Å². The molecule has 1 saturated heterocycles. The molecule has 1 aromatic rings. The maximum absolute atomic E-state index is 11.4. The Morgan fingerprint density at radius 3 is 2.78 bits per heavy atom. The Morgan fingerprint density at radius 2 is 2.11 bits per heavy atom. The topological polar surface area (TPSA) is 45.2 Å². The first kappa shape index (κ1) is 14.9. The predicted molar refractivity (Wildman–Crippen MR) is 73.6 cm³/mol. The second-order valence-electron chi connectivity index (χ2n) is 4.37. The highest BCUT2D eigenvalue weighted by atomic mass is 35.5. The van der Waals surface area contributed by atoms with Crippen molar-refractivity contribution in [2.75, 3.05) is 19.6 Å². The first-order valence-corrected chi connectivity index (χ1v) is 6.23. The molecule has 0 spiro atoms. The lowest BCUT2D eigenvalue weighted by atomic mass is 10.2. The number of nitrogens with one attached hydrogen (secondary N) is 1. The quantitative estimate of drug-likeness (QED) is 0.798. The number of likely N-dealkylation sites (tertiary alicyclic amines) is 1. The zero-order chi connectivity index (χ0) is 11.9. The van der Waals surface area contributed by atoms with Crippen molar-refractivity contribution in [3.8, 4) is 0 Å². The van der Waals surface area contributed by atoms with Crippen LogP contribution in [0.4, 0.5) is 0 Å². The summed E-state index contributed by atoms with van der Waals surface area (Å²) >= 11 is 0. The van der Waals surface area contributed by atoms with E-state index >= 15 is 0 Å². The minimum atomic E-state index is 0. The lowest BCUT2D eigenvalue weighted by Crippen LogP contribution is -2.28. The van der Waals surface area contributed by atoms with Crippen LogP contribution in [0.1, 0.15) is 24.8 Å². The van der Waals surface area contributed by atoms with Gasteiger partial charge in [-0.2, -0.15) is 0 Å². The maximum Gasteiger partial charge on any atom is 0.222 e. The maximum atomic E-state index is 11.4. The van der Waals surface area contributed by atoms with Crippen LogP contribution in [0, 0.1) is 0 Å². The number of amides is 1. The van der Waals surface area contributed by atoms with Crippen molar-refractivity contribution in [1.29, 1.82) is 0 Å². The molecule has 1 N–H and O–H groups in total. The summed E-state index contributed by atoms with van der Waals surface area (Å²) in [6, 6.07) is 4.02. The number of rotatable bonds is 6. The van der Waals surface area contributed by atoms with Gasteiger partial charge in [-0.1, -0.05) is 0 Å². The standard InChI is InChI=1S/C13H19N3O.ClH/c17-13-3-1-9-16(13)10-2-6-15-11-12-4-7-14-8-5-12;/h4-5,7-8,15H,1-3,6,9-11H2;1H. The van der Waals surface area contributed by atoms with Gasteiger partial charge in [0.25, 0.3) is 0 Å². The molecule has 0 radical (unpaired) electrons. The van der Waals surface area contributed by atoms with Crippen LogP contribution in [0.3, 0.4) is 0 Å². The van der Waals surface area contributed by atoms with Crippen molar-refractivity contribution in [3.05, 3.63) is 30.1 Å². The van der Waals surface area contributed by atoms with E-state index in [2.05, 4.69) is 10.3 Å². The van der Waals surface area contributed by atoms with Gasteiger partial charge in [0.15, 0.2) is 0 Å². The highest BCUT2D eigenvalue weighted by molar-refractivity contribution is 5.85. The molecule has 1 aromatic heterocycles. The van der Waals surface area contributed by atoms with E-state index in [4.69, 9.17) is 0 Å². The normalized spacial score (nSPS) is 14.7. The van der Waals surface area contributed by atoms with Gasteiger partial charge in [-0.25, -0.2) is 0 Å². The number of hydrogen-bond donors (Lipinski definition) is 1. The summed E-state index contributed by atoms with van der Waals surface area (Å²) in [7, 11) is 0. The van der Waals surface area contributed by atoms with Crippen LogP contribution in [0.5, 0.6) is 0 Å². The molecule has 100 valence electrons. The Hall–Kier alpha value is -1.13. The number of pyridine rings is 1. The lowest BCUT2D eigenvalue weighted by molar-refractivity contribution is -0.127. The van der Waals surface area contributed by atoms with Crippen LogP contribution >= 0.6 is 12.4 Å². The molecule has 1 fully saturated rings. The summed E-state index contributed by atoms with van der Waals surface area (Å²) in [6.07, 6.45) is 6.41. The zero-order valence-corrected chi connectivity index (χ0v) is 11.3. The third-order valence-electron chi connectivity index (χ3n) is 3.03. The monoisotopic (exact) mass is 269 g/mol. The van der Waals surface area contributed by atoms with E-state index in [9.17, 15) is 4.79 Å². The Bertz CT molecular complexity index is 359. The van der Waals surface area contributed by atoms with Gasteiger partial charge in [0.05, 0.1) is 0 Å². The number of hydrogen-bond acceptors (Lipinski definition) is 3. The molecule has 0 bridgehead atoms. The van der Waals surface area contributed by atoms with Crippen LogP contribution in [-0.4, -0.2) is 35.4 Å². The summed E-state index contributed by atoms with van der Waals surface area (Å²) in [5.74, 6) is 0.319. The van der Waals surface area contributed by atoms with Gasteiger partial charge in [-0.3, -0.25) is 9.78 Å². The molecule has 1 aliphatic heterocycles. The van der Waals surface area contributed by atoms with Crippen molar-refractivity contribution in [2.24, 2.45) is 0 Å². The Kier molecular flexibility index (Phi) is 6.68. The lowest BCUT2D eigenvalue weighted by Gasteiger charge is -2.15. The first-order chi connectivity index (χ1) is 8.36. The van der Waals surface area contributed by atoms with Crippen LogP contribution < -0.4 is 5.32 Å². The minimum absolute atomic E-state index is 0. The summed E-state index contributed by atoms with van der Waals surface area (Å²) in [5, 5.41) is 3.37. The first-order valence-electron chi connectivity index (χ1n) is 6.23. The Balaban J connectivity index is 0.00000162. The fourth-order valence-corrected chi connectivity index (χ4v) is 2.07. The molecule has 2 rings (SSSR count). The largest absolute Gasteiger partial charge is 0.343 e. The molecule has 0 saturated carbocycles. The van der Waals surface area contributed by atoms with Gasteiger partial charge in [0.1, 0.15) is 0 Å². The predicted octanol–water partition coefficient (Wildman–Crippen LogP) is 1.61. The van der Waals surface area contributed by atoms with Gasteiger partial charge in [0.2, 0.25) is 5.91 Å². The van der Waals surface area contributed by atoms with E-state index in [1.54, 1.807) is 12.4 Å². The molecule has 5 heteroatoms. The van der Waals surface area contributed by atoms with Gasteiger partial charge in [-0.05, 0) is 37.1 Å². The fraction of sp³-hybridized carbons (Fsp3) is 0.538. The van der Waals surface area contributed by atoms with Crippen molar-refractivity contribution in [3.63, 3.8) is 0 Å². The second kappa shape index (κ2) is 8.06. The highest BCUT2D eigenvalue weighted by Gasteiger charge is 2.18. The number of nitrogens with zero attached hydrogens (tertiary/aromatic N) is 2. The smallest absolute Gasteiger partial charge is 0.222 e. The second-order valence-corrected chi connectivity index (χ2v) is 4.37. The average molecular weight is 270 g/mol. The zero-order valence-electron chi connectivity index (χ0n) is 10.5. The van der Waals surface area contributed by atoms with Gasteiger partial charge in [-0.15, -0.1) is 12.4 Å². The Morgan fingerprint density at radius 1 is 1.33 bits per heavy atom. The number of halogens is 1. The van der Waals surface area contributed by atoms with Crippen LogP contribution in [0.2, 0.25) is 0 Å². The summed E-state index contributed by atoms with van der Waals surface area (Å²) in [5.41, 5.74) is 1.25. The van der Waals surface area contributed by atoms with E-state index in [1.165, 1.54) is 5.56 Å². The molecule has 2 heterocycles. The molecule has 18 heavy (non-hydrogen) atoms. The van der Waals surface area contributed by atoms with E-state index < -0.39 is 0 Å². The van der Waals surface area contributed by atoms with Crippen molar-refractivity contribution < 1.29 is 4.79 Å². The third kappa shape index (κ3) is 4.63. The number of carbonyl (C=O) groups is 1. The molecular formula is C13H20ClN3O. The summed E-state index contributed by atoms with van der Waals surface area (Å²) < 4.78 is 0. The number of aromatic nitrogens is 1. The molecule has 1 amide bonds. The molecule has 0 aromatic carbocycles. The Labute approximate surface area is 114 Å². The molecule has 0 atom stereocenters. The summed E-state index contributed by atoms with van der Waals surface area (Å²) in [6.45, 7) is 3.66. The van der Waals surface area contributed by atoms with Crippen molar-refractivity contribution >= 4 is 18.3 Å². The van der Waals surface area contributed by atoms with Gasteiger partial charge < -0.3 is 10.2 Å². The molecule has 1 aliphatic rings. The van der Waals surface area contributed by atoms with Crippen molar-refractivity contribution in [1.82, 2.24) is 15.2 Å². The third-order valence-corrected chi connectivity index (χ3v) is 3.03. The molecule has 0 unspecified atom stereocenters. The van der Waals surface area contributed by atoms with E-state index in [1.807, 2.05) is 17.0 Å². The fourth-order valence-electron chi connectivity index (χ4n) is 2.07. The highest BCUT2D eigenvalue weighted by Crippen LogP contribution is 2.09. The van der Waals surface area contributed by atoms with Crippen LogP contribution in [0.15, 0.2) is 24.5 Å². The van der Waals surface area contributed by atoms with E-state index in [-0.39, 0.29) is 12.4 Å². The average Bonchev–Trinajstić information content (AvgIpc) is 2.76. The minimum Gasteiger partial charge on any atom is -0.343 e. The molecule has 0 aliphatic carbocycles. The van der Waals surface area contributed by atoms with E-state index in [0.717, 1.165) is 45.4 Å². The summed E-state index contributed by atoms with van der Waals surface area (Å²) in [4.78, 5) is 17.3. The van der Waals surface area contributed by atoms with Crippen molar-refractivity contribution in [2.45, 2.75) is 25.8 Å². The molecular weight excluding hydrogens is 250 g/mol.